The highest BCUT2D eigenvalue weighted by atomic mass is 16.5. The Labute approximate surface area is 189 Å². The van der Waals surface area contributed by atoms with Crippen molar-refractivity contribution in [3.05, 3.63) is 29.8 Å². The Hall–Kier alpha value is -2.61. The van der Waals surface area contributed by atoms with Gasteiger partial charge in [-0.15, -0.1) is 0 Å². The highest BCUT2D eigenvalue weighted by Crippen LogP contribution is 2.34. The number of fused-ring (bicyclic) bond motifs is 1. The highest BCUT2D eigenvalue weighted by molar-refractivity contribution is 5.99. The fourth-order valence-electron chi connectivity index (χ4n) is 5.39. The van der Waals surface area contributed by atoms with Gasteiger partial charge >= 0.3 is 6.03 Å². The normalized spacial score (nSPS) is 28.4. The molecule has 174 valence electrons. The molecule has 3 aliphatic rings. The largest absolute Gasteiger partial charge is 0.383 e. The fourth-order valence-corrected chi connectivity index (χ4v) is 5.39. The number of rotatable bonds is 5. The number of hydrogen-bond acceptors (Lipinski definition) is 5. The third-order valence-corrected chi connectivity index (χ3v) is 7.13. The van der Waals surface area contributed by atoms with Gasteiger partial charge in [-0.2, -0.15) is 0 Å². The van der Waals surface area contributed by atoms with E-state index in [1.807, 2.05) is 4.90 Å². The van der Waals surface area contributed by atoms with E-state index in [-0.39, 0.29) is 48.3 Å². The topological polar surface area (TPSA) is 82.2 Å². The van der Waals surface area contributed by atoms with Crippen molar-refractivity contribution in [1.29, 1.82) is 0 Å². The molecule has 4 atom stereocenters. The molecule has 8 nitrogen and oxygen atoms in total. The second-order valence-corrected chi connectivity index (χ2v) is 9.32. The van der Waals surface area contributed by atoms with Crippen molar-refractivity contribution in [2.24, 2.45) is 11.8 Å². The predicted molar refractivity (Wildman–Crippen MR) is 121 cm³/mol. The number of nitrogens with one attached hydrogen (secondary N) is 1. The lowest BCUT2D eigenvalue weighted by Gasteiger charge is -2.45. The van der Waals surface area contributed by atoms with Crippen molar-refractivity contribution in [3.8, 4) is 0 Å². The van der Waals surface area contributed by atoms with Crippen LogP contribution in [0.5, 0.6) is 0 Å². The van der Waals surface area contributed by atoms with Crippen LogP contribution in [0.1, 0.15) is 31.7 Å². The highest BCUT2D eigenvalue weighted by Gasteiger charge is 2.46. The molecule has 2 saturated heterocycles. The number of carbonyl (C=O) groups excluding carboxylic acids is 3. The van der Waals surface area contributed by atoms with Gasteiger partial charge in [-0.1, -0.05) is 12.1 Å². The number of hydrogen-bond donors (Lipinski definition) is 1. The van der Waals surface area contributed by atoms with Crippen LogP contribution in [0.15, 0.2) is 24.3 Å². The van der Waals surface area contributed by atoms with Gasteiger partial charge in [0.2, 0.25) is 11.8 Å². The molecule has 0 aromatic heterocycles. The van der Waals surface area contributed by atoms with E-state index in [9.17, 15) is 14.4 Å². The number of anilines is 1. The standard InChI is InChI=1S/C24H34N4O4/c1-16-5-4-6-19(13-16)27-10-9-26(15-17(27)2)22(29)18-7-8-20-21(14-18)25-24(31)28(23(20)30)11-12-32-3/h4-6,13,17-18,20-21H,7-12,14-15H2,1-3H3,(H,25,31). The average Bonchev–Trinajstić information content (AvgIpc) is 2.78. The minimum absolute atomic E-state index is 0.137. The summed E-state index contributed by atoms with van der Waals surface area (Å²) in [7, 11) is 1.55. The van der Waals surface area contributed by atoms with Crippen LogP contribution < -0.4 is 10.2 Å². The molecule has 1 aromatic carbocycles. The number of aryl methyl sites for hydroxylation is 1. The molecule has 32 heavy (non-hydrogen) atoms. The predicted octanol–water partition coefficient (Wildman–Crippen LogP) is 2.02. The van der Waals surface area contributed by atoms with Crippen molar-refractivity contribution in [2.45, 2.75) is 45.2 Å². The van der Waals surface area contributed by atoms with Crippen LogP contribution in [-0.2, 0) is 14.3 Å². The van der Waals surface area contributed by atoms with Crippen LogP contribution in [0.4, 0.5) is 10.5 Å². The molecule has 1 saturated carbocycles. The molecule has 0 bridgehead atoms. The maximum atomic E-state index is 13.3. The molecule has 0 radical (unpaired) electrons. The molecule has 1 aliphatic carbocycles. The van der Waals surface area contributed by atoms with Crippen molar-refractivity contribution >= 4 is 23.5 Å². The number of amides is 4. The van der Waals surface area contributed by atoms with Gasteiger partial charge in [-0.05, 0) is 50.8 Å². The van der Waals surface area contributed by atoms with Crippen LogP contribution in [-0.4, -0.2) is 79.6 Å². The van der Waals surface area contributed by atoms with Crippen LogP contribution in [0.3, 0.4) is 0 Å². The van der Waals surface area contributed by atoms with E-state index in [1.54, 1.807) is 7.11 Å². The maximum absolute atomic E-state index is 13.3. The van der Waals surface area contributed by atoms with Gasteiger partial charge in [0.1, 0.15) is 0 Å². The van der Waals surface area contributed by atoms with Crippen LogP contribution in [0, 0.1) is 18.8 Å². The van der Waals surface area contributed by atoms with E-state index in [4.69, 9.17) is 4.74 Å². The summed E-state index contributed by atoms with van der Waals surface area (Å²) >= 11 is 0. The van der Waals surface area contributed by atoms with Gasteiger partial charge < -0.3 is 19.9 Å². The number of piperazine rings is 1. The number of urea groups is 1. The summed E-state index contributed by atoms with van der Waals surface area (Å²) in [6.45, 7) is 7.02. The first kappa shape index (κ1) is 22.6. The number of carbonyl (C=O) groups is 3. The number of methoxy groups -OCH3 is 1. The zero-order chi connectivity index (χ0) is 22.8. The van der Waals surface area contributed by atoms with Gasteiger partial charge in [-0.3, -0.25) is 14.5 Å². The number of imide groups is 1. The van der Waals surface area contributed by atoms with Crippen molar-refractivity contribution in [3.63, 3.8) is 0 Å². The van der Waals surface area contributed by atoms with E-state index in [2.05, 4.69) is 48.3 Å². The summed E-state index contributed by atoms with van der Waals surface area (Å²) in [6.07, 6.45) is 1.85. The first-order valence-corrected chi connectivity index (χ1v) is 11.6. The average molecular weight is 443 g/mol. The van der Waals surface area contributed by atoms with Gasteiger partial charge in [0.05, 0.1) is 19.1 Å². The molecular formula is C24H34N4O4. The molecular weight excluding hydrogens is 408 g/mol. The Balaban J connectivity index is 1.35. The summed E-state index contributed by atoms with van der Waals surface area (Å²) in [4.78, 5) is 44.1. The number of nitrogens with zero attached hydrogens (tertiary/aromatic N) is 3. The Morgan fingerprint density at radius 3 is 2.75 bits per heavy atom. The summed E-state index contributed by atoms with van der Waals surface area (Å²) < 4.78 is 5.02. The smallest absolute Gasteiger partial charge is 0.324 e. The van der Waals surface area contributed by atoms with Crippen molar-refractivity contribution in [2.75, 3.05) is 44.8 Å². The second-order valence-electron chi connectivity index (χ2n) is 9.32. The molecule has 4 rings (SSSR count). The molecule has 4 unspecified atom stereocenters. The lowest BCUT2D eigenvalue weighted by molar-refractivity contribution is -0.143. The van der Waals surface area contributed by atoms with E-state index in [0.29, 0.717) is 39.0 Å². The Morgan fingerprint density at radius 2 is 2.03 bits per heavy atom. The summed E-state index contributed by atoms with van der Waals surface area (Å²) in [6, 6.07) is 8.08. The quantitative estimate of drug-likeness (QED) is 0.755. The van der Waals surface area contributed by atoms with Crippen LogP contribution >= 0.6 is 0 Å². The van der Waals surface area contributed by atoms with Gasteiger partial charge in [0.15, 0.2) is 0 Å². The Morgan fingerprint density at radius 1 is 1.22 bits per heavy atom. The van der Waals surface area contributed by atoms with E-state index >= 15 is 0 Å². The van der Waals surface area contributed by atoms with E-state index < -0.39 is 0 Å². The molecule has 4 amide bonds. The molecule has 2 aliphatic heterocycles. The SMILES string of the molecule is COCCN1C(=O)NC2CC(C(=O)N3CCN(c4cccc(C)c4)C(C)C3)CCC2C1=O. The minimum Gasteiger partial charge on any atom is -0.383 e. The van der Waals surface area contributed by atoms with Gasteiger partial charge in [-0.25, -0.2) is 4.79 Å². The molecule has 8 heteroatoms. The minimum atomic E-state index is -0.373. The molecule has 3 fully saturated rings. The lowest BCUT2D eigenvalue weighted by atomic mass is 9.76. The van der Waals surface area contributed by atoms with Crippen molar-refractivity contribution in [1.82, 2.24) is 15.1 Å². The first-order chi connectivity index (χ1) is 15.4. The van der Waals surface area contributed by atoms with Crippen LogP contribution in [0.25, 0.3) is 0 Å². The third kappa shape index (κ3) is 4.46. The zero-order valence-electron chi connectivity index (χ0n) is 19.3. The van der Waals surface area contributed by atoms with E-state index in [1.165, 1.54) is 16.2 Å². The maximum Gasteiger partial charge on any atom is 0.324 e. The van der Waals surface area contributed by atoms with Gasteiger partial charge in [0, 0.05) is 50.4 Å². The molecule has 0 spiro atoms. The van der Waals surface area contributed by atoms with E-state index in [0.717, 1.165) is 6.54 Å². The zero-order valence-corrected chi connectivity index (χ0v) is 19.3. The Kier molecular flexibility index (Phi) is 6.69. The molecule has 1 aromatic rings. The molecule has 2 heterocycles. The monoisotopic (exact) mass is 442 g/mol. The third-order valence-electron chi connectivity index (χ3n) is 7.13. The number of benzene rings is 1. The summed E-state index contributed by atoms with van der Waals surface area (Å²) in [5.74, 6) is -0.372. The Bertz CT molecular complexity index is 875. The second kappa shape index (κ2) is 9.48. The van der Waals surface area contributed by atoms with Crippen LogP contribution in [0.2, 0.25) is 0 Å². The number of ether oxygens (including phenoxy) is 1. The summed E-state index contributed by atoms with van der Waals surface area (Å²) in [5, 5.41) is 2.97. The van der Waals surface area contributed by atoms with Crippen molar-refractivity contribution < 1.29 is 19.1 Å². The van der Waals surface area contributed by atoms with Gasteiger partial charge in [0.25, 0.3) is 0 Å². The fraction of sp³-hybridized carbons (Fsp3) is 0.625. The lowest BCUT2D eigenvalue weighted by Crippen LogP contribution is -2.63. The first-order valence-electron chi connectivity index (χ1n) is 11.6. The molecule has 1 N–H and O–H groups in total. The summed E-state index contributed by atoms with van der Waals surface area (Å²) in [5.41, 5.74) is 2.43.